The van der Waals surface area contributed by atoms with Gasteiger partial charge in [0.25, 0.3) is 11.4 Å². The zero-order chi connectivity index (χ0) is 20.7. The number of nitro groups is 2. The van der Waals surface area contributed by atoms with E-state index in [2.05, 4.69) is 10.6 Å². The average molecular weight is 407 g/mol. The van der Waals surface area contributed by atoms with E-state index in [1.165, 1.54) is 36.4 Å². The number of nitrogens with one attached hydrogen (secondary N) is 2. The van der Waals surface area contributed by atoms with Gasteiger partial charge < -0.3 is 10.6 Å². The predicted octanol–water partition coefficient (Wildman–Crippen LogP) is 3.33. The quantitative estimate of drug-likeness (QED) is 0.297. The van der Waals surface area contributed by atoms with Crippen molar-refractivity contribution in [3.63, 3.8) is 0 Å². The van der Waals surface area contributed by atoms with Crippen LogP contribution in [0.3, 0.4) is 0 Å². The maximum Gasteiger partial charge on any atom is 0.271 e. The fourth-order valence-corrected chi connectivity index (χ4v) is 2.56. The molecule has 2 aromatic rings. The molecule has 0 unspecified atom stereocenters. The number of hydrogen-bond donors (Lipinski definition) is 2. The summed E-state index contributed by atoms with van der Waals surface area (Å²) < 4.78 is 0. The minimum absolute atomic E-state index is 0.00305. The molecular weight excluding hydrogens is 392 g/mol. The molecule has 0 bridgehead atoms. The molecule has 0 atom stereocenters. The SMILES string of the molecule is O=C(Nc1cccc([N+](=O)[O-])c1)C(CCCl)C(=O)Nc1cccc([N+](=O)[O-])c1. The molecule has 10 nitrogen and oxygen atoms in total. The standard InChI is InChI=1S/C17H15ClN4O6/c18-8-7-15(16(23)19-11-3-1-5-13(9-11)21(25)26)17(24)20-12-4-2-6-14(10-12)22(27)28/h1-6,9-10,15H,7-8H2,(H,19,23)(H,20,24). The van der Waals surface area contributed by atoms with Crippen molar-refractivity contribution in [3.05, 3.63) is 68.8 Å². The summed E-state index contributed by atoms with van der Waals surface area (Å²) in [5, 5.41) is 26.5. The number of anilines is 2. The topological polar surface area (TPSA) is 144 Å². The summed E-state index contributed by atoms with van der Waals surface area (Å²) in [5.41, 5.74) is -0.121. The first-order valence-corrected chi connectivity index (χ1v) is 8.52. The first-order valence-electron chi connectivity index (χ1n) is 7.98. The molecule has 0 aliphatic carbocycles. The average Bonchev–Trinajstić information content (AvgIpc) is 2.66. The molecule has 2 amide bonds. The molecule has 0 fully saturated rings. The second-order valence-corrected chi connectivity index (χ2v) is 6.00. The molecule has 2 aromatic carbocycles. The molecule has 0 radical (unpaired) electrons. The number of carbonyl (C=O) groups is 2. The van der Waals surface area contributed by atoms with Crippen LogP contribution in [0.15, 0.2) is 48.5 Å². The number of amides is 2. The molecule has 0 aliphatic heterocycles. The Hall–Kier alpha value is -3.53. The summed E-state index contributed by atoms with van der Waals surface area (Å²) in [5.74, 6) is -2.60. The number of benzene rings is 2. The summed E-state index contributed by atoms with van der Waals surface area (Å²) in [4.78, 5) is 45.4. The lowest BCUT2D eigenvalue weighted by Crippen LogP contribution is -2.34. The van der Waals surface area contributed by atoms with Gasteiger partial charge in [0, 0.05) is 41.5 Å². The van der Waals surface area contributed by atoms with Crippen molar-refractivity contribution in [3.8, 4) is 0 Å². The molecule has 28 heavy (non-hydrogen) atoms. The normalized spacial score (nSPS) is 10.4. The second kappa shape index (κ2) is 9.42. The molecular formula is C17H15ClN4O6. The van der Waals surface area contributed by atoms with E-state index in [-0.39, 0.29) is 35.1 Å². The summed E-state index contributed by atoms with van der Waals surface area (Å²) in [7, 11) is 0. The van der Waals surface area contributed by atoms with Gasteiger partial charge >= 0.3 is 0 Å². The van der Waals surface area contributed by atoms with E-state index in [9.17, 15) is 29.8 Å². The van der Waals surface area contributed by atoms with E-state index in [1.54, 1.807) is 0 Å². The number of carbonyl (C=O) groups excluding carboxylic acids is 2. The molecule has 2 rings (SSSR count). The highest BCUT2D eigenvalue weighted by Crippen LogP contribution is 2.21. The Kier molecular flexibility index (Phi) is 6.99. The summed E-state index contributed by atoms with van der Waals surface area (Å²) in [6.45, 7) is 0. The van der Waals surface area contributed by atoms with Crippen LogP contribution >= 0.6 is 11.6 Å². The van der Waals surface area contributed by atoms with Gasteiger partial charge in [-0.1, -0.05) is 12.1 Å². The second-order valence-electron chi connectivity index (χ2n) is 5.62. The maximum absolute atomic E-state index is 12.5. The minimum Gasteiger partial charge on any atom is -0.325 e. The van der Waals surface area contributed by atoms with Crippen LogP contribution in [-0.2, 0) is 9.59 Å². The molecule has 0 aromatic heterocycles. The van der Waals surface area contributed by atoms with E-state index in [0.717, 1.165) is 12.1 Å². The van der Waals surface area contributed by atoms with E-state index in [1.807, 2.05) is 0 Å². The number of nitrogens with zero attached hydrogens (tertiary/aromatic N) is 2. The fourth-order valence-electron chi connectivity index (χ4n) is 2.34. The van der Waals surface area contributed by atoms with Crippen LogP contribution in [0.2, 0.25) is 0 Å². The van der Waals surface area contributed by atoms with Crippen LogP contribution in [0, 0.1) is 26.1 Å². The minimum atomic E-state index is -1.20. The lowest BCUT2D eigenvalue weighted by molar-refractivity contribution is -0.385. The van der Waals surface area contributed by atoms with Crippen LogP contribution in [0.5, 0.6) is 0 Å². The van der Waals surface area contributed by atoms with Crippen LogP contribution in [-0.4, -0.2) is 27.5 Å². The molecule has 0 heterocycles. The first-order chi connectivity index (χ1) is 13.3. The van der Waals surface area contributed by atoms with Crippen molar-refractivity contribution in [2.45, 2.75) is 6.42 Å². The van der Waals surface area contributed by atoms with Crippen LogP contribution in [0.4, 0.5) is 22.7 Å². The predicted molar refractivity (Wildman–Crippen MR) is 102 cm³/mol. The third-order valence-electron chi connectivity index (χ3n) is 3.68. The van der Waals surface area contributed by atoms with Gasteiger partial charge in [-0.05, 0) is 18.6 Å². The lowest BCUT2D eigenvalue weighted by Gasteiger charge is -2.16. The summed E-state index contributed by atoms with van der Waals surface area (Å²) >= 11 is 5.69. The van der Waals surface area contributed by atoms with Gasteiger partial charge in [0.1, 0.15) is 5.92 Å². The van der Waals surface area contributed by atoms with Crippen molar-refractivity contribution < 1.29 is 19.4 Å². The summed E-state index contributed by atoms with van der Waals surface area (Å²) in [6.07, 6.45) is 0.00305. The number of hydrogen-bond acceptors (Lipinski definition) is 6. The Morgan fingerprint density at radius 1 is 0.893 bits per heavy atom. The first kappa shape index (κ1) is 20.8. The van der Waals surface area contributed by atoms with Gasteiger partial charge in [0.15, 0.2) is 0 Å². The molecule has 146 valence electrons. The van der Waals surface area contributed by atoms with Gasteiger partial charge in [0.2, 0.25) is 11.8 Å². The van der Waals surface area contributed by atoms with Crippen molar-refractivity contribution >= 4 is 46.2 Å². The number of nitro benzene ring substituents is 2. The van der Waals surface area contributed by atoms with Crippen molar-refractivity contribution in [1.82, 2.24) is 0 Å². The van der Waals surface area contributed by atoms with Gasteiger partial charge in [-0.25, -0.2) is 0 Å². The van der Waals surface area contributed by atoms with Crippen LogP contribution in [0.25, 0.3) is 0 Å². The fraction of sp³-hybridized carbons (Fsp3) is 0.176. The monoisotopic (exact) mass is 406 g/mol. The molecule has 0 saturated heterocycles. The third-order valence-corrected chi connectivity index (χ3v) is 3.90. The molecule has 0 spiro atoms. The van der Waals surface area contributed by atoms with Gasteiger partial charge in [-0.2, -0.15) is 0 Å². The Morgan fingerprint density at radius 2 is 1.32 bits per heavy atom. The van der Waals surface area contributed by atoms with E-state index >= 15 is 0 Å². The van der Waals surface area contributed by atoms with Crippen LogP contribution < -0.4 is 10.6 Å². The number of halogens is 1. The van der Waals surface area contributed by atoms with Crippen molar-refractivity contribution in [2.75, 3.05) is 16.5 Å². The highest BCUT2D eigenvalue weighted by atomic mass is 35.5. The smallest absolute Gasteiger partial charge is 0.271 e. The number of alkyl halides is 1. The van der Waals surface area contributed by atoms with E-state index in [0.29, 0.717) is 0 Å². The molecule has 0 saturated carbocycles. The number of rotatable bonds is 8. The lowest BCUT2D eigenvalue weighted by atomic mass is 10.0. The largest absolute Gasteiger partial charge is 0.325 e. The van der Waals surface area contributed by atoms with Gasteiger partial charge in [0.05, 0.1) is 9.85 Å². The molecule has 11 heteroatoms. The zero-order valence-electron chi connectivity index (χ0n) is 14.3. The number of non-ortho nitro benzene ring substituents is 2. The Balaban J connectivity index is 2.14. The van der Waals surface area contributed by atoms with Gasteiger partial charge in [-0.15, -0.1) is 11.6 Å². The Bertz CT molecular complexity index is 849. The molecule has 2 N–H and O–H groups in total. The van der Waals surface area contributed by atoms with Crippen molar-refractivity contribution in [1.29, 1.82) is 0 Å². The van der Waals surface area contributed by atoms with Crippen molar-refractivity contribution in [2.24, 2.45) is 5.92 Å². The maximum atomic E-state index is 12.5. The Morgan fingerprint density at radius 3 is 1.68 bits per heavy atom. The van der Waals surface area contributed by atoms with Gasteiger partial charge in [-0.3, -0.25) is 29.8 Å². The third kappa shape index (κ3) is 5.48. The summed E-state index contributed by atoms with van der Waals surface area (Å²) in [6, 6.07) is 10.5. The van der Waals surface area contributed by atoms with Crippen LogP contribution in [0.1, 0.15) is 6.42 Å². The van der Waals surface area contributed by atoms with E-state index < -0.39 is 27.6 Å². The molecule has 0 aliphatic rings. The van der Waals surface area contributed by atoms with E-state index in [4.69, 9.17) is 11.6 Å². The highest BCUT2D eigenvalue weighted by molar-refractivity contribution is 6.19. The zero-order valence-corrected chi connectivity index (χ0v) is 15.1. The highest BCUT2D eigenvalue weighted by Gasteiger charge is 2.27. The Labute approximate surface area is 163 Å².